The molecule has 0 aromatic rings. The van der Waals surface area contributed by atoms with Crippen molar-refractivity contribution in [2.24, 2.45) is 0 Å². The highest BCUT2D eigenvalue weighted by Crippen LogP contribution is 1.81. The van der Waals surface area contributed by atoms with Crippen LogP contribution in [0.25, 0.3) is 0 Å². The van der Waals surface area contributed by atoms with E-state index in [1.807, 2.05) is 18.7 Å². The van der Waals surface area contributed by atoms with Gasteiger partial charge in [0.2, 0.25) is 0 Å². The molecule has 0 aliphatic rings. The molecule has 0 rings (SSSR count). The zero-order valence-corrected chi connectivity index (χ0v) is 6.42. The van der Waals surface area contributed by atoms with Crippen molar-refractivity contribution in [2.75, 3.05) is 19.8 Å². The van der Waals surface area contributed by atoms with Gasteiger partial charge < -0.3 is 10.4 Å². The maximum atomic E-state index is 10.00. The van der Waals surface area contributed by atoms with Gasteiger partial charge in [0, 0.05) is 0 Å². The number of nitrogens with one attached hydrogen (secondary N) is 1. The molecule has 0 saturated heterocycles. The lowest BCUT2D eigenvalue weighted by atomic mass is 10.5. The molecule has 0 aliphatic carbocycles. The summed E-state index contributed by atoms with van der Waals surface area (Å²) >= 11 is 0. The topological polar surface area (TPSA) is 52.6 Å². The van der Waals surface area contributed by atoms with Gasteiger partial charge in [-0.1, -0.05) is 13.8 Å². The minimum atomic E-state index is -0.966. The Hall–Kier alpha value is -0.770. The number of hydrogen-bond donors (Lipinski definition) is 2. The van der Waals surface area contributed by atoms with Gasteiger partial charge in [-0.15, -0.1) is 0 Å². The lowest BCUT2D eigenvalue weighted by Crippen LogP contribution is -2.36. The first-order chi connectivity index (χ1) is 4.70. The van der Waals surface area contributed by atoms with E-state index in [1.165, 1.54) is 0 Å². The van der Waals surface area contributed by atoms with Gasteiger partial charge in [-0.05, 0) is 13.1 Å². The first-order valence-corrected chi connectivity index (χ1v) is 3.39. The van der Waals surface area contributed by atoms with Crippen molar-refractivity contribution in [2.45, 2.75) is 13.8 Å². The molecule has 4 nitrogen and oxygen atoms in total. The van der Waals surface area contributed by atoms with E-state index in [0.717, 1.165) is 13.1 Å². The van der Waals surface area contributed by atoms with Crippen LogP contribution < -0.4 is 5.32 Å². The number of carboxylic acid groups (broad SMARTS) is 1. The van der Waals surface area contributed by atoms with E-state index in [9.17, 15) is 4.79 Å². The predicted octanol–water partition coefficient (Wildman–Crippen LogP) is 0.553. The maximum absolute atomic E-state index is 10.00. The van der Waals surface area contributed by atoms with Crippen molar-refractivity contribution in [3.05, 3.63) is 0 Å². The van der Waals surface area contributed by atoms with Crippen LogP contribution in [0.4, 0.5) is 4.79 Å². The third-order valence-corrected chi connectivity index (χ3v) is 1.35. The van der Waals surface area contributed by atoms with E-state index in [1.54, 1.807) is 0 Å². The molecule has 0 radical (unpaired) electrons. The van der Waals surface area contributed by atoms with Crippen molar-refractivity contribution < 1.29 is 9.90 Å². The van der Waals surface area contributed by atoms with Crippen LogP contribution >= 0.6 is 0 Å². The Kier molecular flexibility index (Phi) is 4.66. The second-order valence-corrected chi connectivity index (χ2v) is 1.94. The summed E-state index contributed by atoms with van der Waals surface area (Å²) in [7, 11) is 0. The van der Waals surface area contributed by atoms with Crippen molar-refractivity contribution in [3.8, 4) is 0 Å². The highest BCUT2D eigenvalue weighted by atomic mass is 16.4. The van der Waals surface area contributed by atoms with Crippen LogP contribution in [0.5, 0.6) is 0 Å². The molecular weight excluding hydrogens is 132 g/mol. The van der Waals surface area contributed by atoms with Crippen LogP contribution in [-0.4, -0.2) is 35.9 Å². The molecule has 0 atom stereocenters. The molecule has 2 N–H and O–H groups in total. The number of rotatable bonds is 4. The van der Waals surface area contributed by atoms with Crippen molar-refractivity contribution in [3.63, 3.8) is 0 Å². The Bertz CT molecular complexity index is 102. The Balaban J connectivity index is 3.34. The van der Waals surface area contributed by atoms with Crippen LogP contribution in [-0.2, 0) is 0 Å². The smallest absolute Gasteiger partial charge is 0.405 e. The fourth-order valence-electron chi connectivity index (χ4n) is 0.627. The van der Waals surface area contributed by atoms with E-state index in [-0.39, 0.29) is 0 Å². The second-order valence-electron chi connectivity index (χ2n) is 1.94. The summed E-state index contributed by atoms with van der Waals surface area (Å²) in [5.41, 5.74) is 0. The first-order valence-electron chi connectivity index (χ1n) is 3.39. The Labute approximate surface area is 60.8 Å². The average molecular weight is 146 g/mol. The molecule has 0 aromatic carbocycles. The number of hydrogen-bond acceptors (Lipinski definition) is 2. The monoisotopic (exact) mass is 146 g/mol. The molecular formula is C6H14N2O2. The fourth-order valence-corrected chi connectivity index (χ4v) is 0.627. The number of nitrogens with zero attached hydrogens (tertiary/aromatic N) is 1. The molecule has 0 spiro atoms. The Morgan fingerprint density at radius 2 is 2.00 bits per heavy atom. The normalized spacial score (nSPS) is 9.90. The van der Waals surface area contributed by atoms with Gasteiger partial charge in [-0.25, -0.2) is 4.79 Å². The second kappa shape index (κ2) is 5.05. The molecule has 4 heteroatoms. The zero-order chi connectivity index (χ0) is 7.98. The minimum Gasteiger partial charge on any atom is -0.465 e. The molecule has 1 amide bonds. The van der Waals surface area contributed by atoms with Crippen LogP contribution in [0.2, 0.25) is 0 Å². The standard InChI is InChI=1S/C6H14N2O2/c1-3-8(4-2)5-7-6(9)10/h7H,3-5H2,1-2H3,(H,9,10). The molecule has 60 valence electrons. The van der Waals surface area contributed by atoms with E-state index in [4.69, 9.17) is 5.11 Å². The Morgan fingerprint density at radius 1 is 1.50 bits per heavy atom. The van der Waals surface area contributed by atoms with E-state index in [2.05, 4.69) is 5.32 Å². The number of amides is 1. The van der Waals surface area contributed by atoms with Crippen LogP contribution in [0, 0.1) is 0 Å². The summed E-state index contributed by atoms with van der Waals surface area (Å²) < 4.78 is 0. The molecule has 10 heavy (non-hydrogen) atoms. The van der Waals surface area contributed by atoms with E-state index >= 15 is 0 Å². The fraction of sp³-hybridized carbons (Fsp3) is 0.833. The van der Waals surface area contributed by atoms with Gasteiger partial charge in [0.1, 0.15) is 0 Å². The Morgan fingerprint density at radius 3 is 2.30 bits per heavy atom. The van der Waals surface area contributed by atoms with Gasteiger partial charge in [0.05, 0.1) is 6.67 Å². The minimum absolute atomic E-state index is 0.419. The molecule has 0 unspecified atom stereocenters. The van der Waals surface area contributed by atoms with Crippen molar-refractivity contribution in [1.82, 2.24) is 10.2 Å². The van der Waals surface area contributed by atoms with E-state index < -0.39 is 6.09 Å². The van der Waals surface area contributed by atoms with Crippen molar-refractivity contribution >= 4 is 6.09 Å². The molecule has 0 heterocycles. The molecule has 0 fully saturated rings. The van der Waals surface area contributed by atoms with E-state index in [0.29, 0.717) is 6.67 Å². The molecule has 0 bridgehead atoms. The zero-order valence-electron chi connectivity index (χ0n) is 6.42. The average Bonchev–Trinajstić information content (AvgIpc) is 1.90. The highest BCUT2D eigenvalue weighted by Gasteiger charge is 1.98. The summed E-state index contributed by atoms with van der Waals surface area (Å²) in [6.07, 6.45) is -0.966. The van der Waals surface area contributed by atoms with Crippen LogP contribution in [0.3, 0.4) is 0 Å². The van der Waals surface area contributed by atoms with Gasteiger partial charge in [-0.2, -0.15) is 0 Å². The molecule has 0 saturated carbocycles. The van der Waals surface area contributed by atoms with Gasteiger partial charge in [0.15, 0.2) is 0 Å². The SMILES string of the molecule is CCN(CC)CNC(=O)O. The molecule has 0 aromatic heterocycles. The molecule has 0 aliphatic heterocycles. The maximum Gasteiger partial charge on any atom is 0.405 e. The summed E-state index contributed by atoms with van der Waals surface area (Å²) in [4.78, 5) is 12.0. The lowest BCUT2D eigenvalue weighted by molar-refractivity contribution is 0.182. The predicted molar refractivity (Wildman–Crippen MR) is 38.9 cm³/mol. The van der Waals surface area contributed by atoms with Crippen LogP contribution in [0.1, 0.15) is 13.8 Å². The quantitative estimate of drug-likeness (QED) is 0.569. The number of carbonyl (C=O) groups is 1. The third-order valence-electron chi connectivity index (χ3n) is 1.35. The highest BCUT2D eigenvalue weighted by molar-refractivity contribution is 5.64. The summed E-state index contributed by atoms with van der Waals surface area (Å²) in [6, 6.07) is 0. The lowest BCUT2D eigenvalue weighted by Gasteiger charge is -2.16. The largest absolute Gasteiger partial charge is 0.465 e. The third kappa shape index (κ3) is 4.14. The van der Waals surface area contributed by atoms with Crippen LogP contribution in [0.15, 0.2) is 0 Å². The van der Waals surface area contributed by atoms with Gasteiger partial charge in [0.25, 0.3) is 0 Å². The van der Waals surface area contributed by atoms with Gasteiger partial charge in [-0.3, -0.25) is 4.90 Å². The summed E-state index contributed by atoms with van der Waals surface area (Å²) in [5.74, 6) is 0. The first kappa shape index (κ1) is 9.23. The summed E-state index contributed by atoms with van der Waals surface area (Å²) in [5, 5.41) is 10.5. The van der Waals surface area contributed by atoms with Gasteiger partial charge >= 0.3 is 6.09 Å². The summed E-state index contributed by atoms with van der Waals surface area (Å²) in [6.45, 7) is 6.15. The van der Waals surface area contributed by atoms with Crippen molar-refractivity contribution in [1.29, 1.82) is 0 Å².